The van der Waals surface area contributed by atoms with Crippen LogP contribution in [0.4, 0.5) is 4.79 Å². The molecule has 3 nitrogen and oxygen atoms in total. The van der Waals surface area contributed by atoms with Gasteiger partial charge in [0.25, 0.3) is 0 Å². The molecule has 1 aliphatic heterocycles. The second-order valence-electron chi connectivity index (χ2n) is 5.80. The van der Waals surface area contributed by atoms with E-state index < -0.39 is 0 Å². The third kappa shape index (κ3) is 2.99. The number of halogens is 1. The molecular formula is C17H19ClN2OS. The summed E-state index contributed by atoms with van der Waals surface area (Å²) in [6.45, 7) is 4.70. The Morgan fingerprint density at radius 3 is 2.73 bits per heavy atom. The Morgan fingerprint density at radius 2 is 2.05 bits per heavy atom. The van der Waals surface area contributed by atoms with Crippen LogP contribution in [0, 0.1) is 0 Å². The van der Waals surface area contributed by atoms with E-state index in [4.69, 9.17) is 11.6 Å². The summed E-state index contributed by atoms with van der Waals surface area (Å²) in [5.41, 5.74) is 2.33. The molecule has 1 aromatic heterocycles. The standard InChI is InChI=1S/C17H19ClN2OS/c1-11(2)19-17(21)20-9-7-15-14(8-10-22-15)16(20)12-3-5-13(18)6-4-12/h3-6,8,10-11,16H,7,9H2,1-2H3,(H,19,21). The molecule has 5 heteroatoms. The molecular weight excluding hydrogens is 316 g/mol. The fraction of sp³-hybridized carbons (Fsp3) is 0.353. The average Bonchev–Trinajstić information content (AvgIpc) is 2.95. The van der Waals surface area contributed by atoms with Crippen LogP contribution in [-0.2, 0) is 6.42 Å². The second-order valence-corrected chi connectivity index (χ2v) is 7.24. The van der Waals surface area contributed by atoms with Gasteiger partial charge in [-0.1, -0.05) is 23.7 Å². The Balaban J connectivity index is 1.99. The summed E-state index contributed by atoms with van der Waals surface area (Å²) >= 11 is 7.78. The molecule has 0 radical (unpaired) electrons. The number of fused-ring (bicyclic) bond motifs is 1. The first-order valence-electron chi connectivity index (χ1n) is 7.45. The van der Waals surface area contributed by atoms with Gasteiger partial charge in [-0.25, -0.2) is 4.79 Å². The van der Waals surface area contributed by atoms with Gasteiger partial charge in [-0.2, -0.15) is 0 Å². The van der Waals surface area contributed by atoms with Crippen molar-refractivity contribution < 1.29 is 4.79 Å². The van der Waals surface area contributed by atoms with Crippen molar-refractivity contribution in [3.05, 3.63) is 56.7 Å². The first-order valence-corrected chi connectivity index (χ1v) is 8.71. The van der Waals surface area contributed by atoms with Crippen molar-refractivity contribution in [1.82, 2.24) is 10.2 Å². The maximum Gasteiger partial charge on any atom is 0.318 e. The van der Waals surface area contributed by atoms with Crippen LogP contribution in [0.1, 0.15) is 35.9 Å². The van der Waals surface area contributed by atoms with Crippen LogP contribution >= 0.6 is 22.9 Å². The van der Waals surface area contributed by atoms with Gasteiger partial charge in [0, 0.05) is 22.5 Å². The Bertz CT molecular complexity index is 666. The lowest BCUT2D eigenvalue weighted by molar-refractivity contribution is 0.178. The number of benzene rings is 1. The number of carbonyl (C=O) groups is 1. The average molecular weight is 335 g/mol. The van der Waals surface area contributed by atoms with Gasteiger partial charge in [-0.05, 0) is 55.0 Å². The highest BCUT2D eigenvalue weighted by atomic mass is 35.5. The van der Waals surface area contributed by atoms with E-state index in [-0.39, 0.29) is 18.1 Å². The van der Waals surface area contributed by atoms with Crippen molar-refractivity contribution in [2.75, 3.05) is 6.54 Å². The predicted molar refractivity (Wildman–Crippen MR) is 91.7 cm³/mol. The Morgan fingerprint density at radius 1 is 1.32 bits per heavy atom. The zero-order valence-electron chi connectivity index (χ0n) is 12.7. The topological polar surface area (TPSA) is 32.3 Å². The van der Waals surface area contributed by atoms with Gasteiger partial charge < -0.3 is 10.2 Å². The van der Waals surface area contributed by atoms with E-state index in [2.05, 4.69) is 16.8 Å². The minimum atomic E-state index is -0.0361. The minimum absolute atomic E-state index is 0.00759. The molecule has 1 atom stereocenters. The summed E-state index contributed by atoms with van der Waals surface area (Å²) in [6, 6.07) is 10.0. The van der Waals surface area contributed by atoms with Gasteiger partial charge in [0.2, 0.25) is 0 Å². The summed E-state index contributed by atoms with van der Waals surface area (Å²) in [5, 5.41) is 5.83. The summed E-state index contributed by atoms with van der Waals surface area (Å²) in [7, 11) is 0. The van der Waals surface area contributed by atoms with E-state index >= 15 is 0 Å². The molecule has 3 rings (SSSR count). The fourth-order valence-corrected chi connectivity index (χ4v) is 3.90. The lowest BCUT2D eigenvalue weighted by Crippen LogP contribution is -2.47. The van der Waals surface area contributed by atoms with Gasteiger partial charge in [0.1, 0.15) is 0 Å². The van der Waals surface area contributed by atoms with Crippen LogP contribution in [0.15, 0.2) is 35.7 Å². The largest absolute Gasteiger partial charge is 0.336 e. The van der Waals surface area contributed by atoms with Gasteiger partial charge >= 0.3 is 6.03 Å². The molecule has 2 aromatic rings. The van der Waals surface area contributed by atoms with E-state index in [9.17, 15) is 4.79 Å². The highest BCUT2D eigenvalue weighted by molar-refractivity contribution is 7.10. The molecule has 2 amide bonds. The highest BCUT2D eigenvalue weighted by Gasteiger charge is 2.32. The molecule has 0 spiro atoms. The number of carbonyl (C=O) groups excluding carboxylic acids is 1. The molecule has 0 saturated heterocycles. The molecule has 1 N–H and O–H groups in total. The van der Waals surface area contributed by atoms with Crippen molar-refractivity contribution in [2.24, 2.45) is 0 Å². The zero-order valence-corrected chi connectivity index (χ0v) is 14.2. The van der Waals surface area contributed by atoms with Crippen LogP contribution in [0.3, 0.4) is 0 Å². The third-order valence-electron chi connectivity index (χ3n) is 3.82. The third-order valence-corrected chi connectivity index (χ3v) is 5.07. The summed E-state index contributed by atoms with van der Waals surface area (Å²) in [6.07, 6.45) is 0.919. The van der Waals surface area contributed by atoms with Crippen molar-refractivity contribution >= 4 is 29.0 Å². The van der Waals surface area contributed by atoms with Gasteiger partial charge in [-0.15, -0.1) is 11.3 Å². The molecule has 0 fully saturated rings. The van der Waals surface area contributed by atoms with Crippen LogP contribution in [0.5, 0.6) is 0 Å². The number of nitrogens with zero attached hydrogens (tertiary/aromatic N) is 1. The number of amides is 2. The normalized spacial score (nSPS) is 17.5. The van der Waals surface area contributed by atoms with Crippen LogP contribution in [-0.4, -0.2) is 23.5 Å². The Hall–Kier alpha value is -1.52. The fourth-order valence-electron chi connectivity index (χ4n) is 2.87. The molecule has 0 aliphatic carbocycles. The van der Waals surface area contributed by atoms with Crippen molar-refractivity contribution in [1.29, 1.82) is 0 Å². The van der Waals surface area contributed by atoms with E-state index in [1.54, 1.807) is 11.3 Å². The summed E-state index contributed by atoms with van der Waals surface area (Å²) in [4.78, 5) is 15.9. The van der Waals surface area contributed by atoms with E-state index in [1.807, 2.05) is 43.0 Å². The number of rotatable bonds is 2. The number of hydrogen-bond acceptors (Lipinski definition) is 2. The highest BCUT2D eigenvalue weighted by Crippen LogP contribution is 2.38. The van der Waals surface area contributed by atoms with Crippen LogP contribution < -0.4 is 5.32 Å². The minimum Gasteiger partial charge on any atom is -0.336 e. The molecule has 1 aromatic carbocycles. The predicted octanol–water partition coefficient (Wildman–Crippen LogP) is 4.47. The lowest BCUT2D eigenvalue weighted by atomic mass is 9.93. The Kier molecular flexibility index (Phi) is 4.41. The monoisotopic (exact) mass is 334 g/mol. The molecule has 0 bridgehead atoms. The lowest BCUT2D eigenvalue weighted by Gasteiger charge is -2.36. The zero-order chi connectivity index (χ0) is 15.7. The van der Waals surface area contributed by atoms with Crippen LogP contribution in [0.25, 0.3) is 0 Å². The number of hydrogen-bond donors (Lipinski definition) is 1. The van der Waals surface area contributed by atoms with Gasteiger partial charge in [0.05, 0.1) is 6.04 Å². The van der Waals surface area contributed by atoms with Crippen molar-refractivity contribution in [2.45, 2.75) is 32.4 Å². The number of thiophene rings is 1. The smallest absolute Gasteiger partial charge is 0.318 e. The summed E-state index contributed by atoms with van der Waals surface area (Å²) < 4.78 is 0. The number of nitrogens with one attached hydrogen (secondary N) is 1. The first-order chi connectivity index (χ1) is 10.6. The second kappa shape index (κ2) is 6.31. The molecule has 0 saturated carbocycles. The Labute approximate surface area is 139 Å². The van der Waals surface area contributed by atoms with E-state index in [0.29, 0.717) is 5.02 Å². The number of urea groups is 1. The van der Waals surface area contributed by atoms with Crippen molar-refractivity contribution in [3.8, 4) is 0 Å². The molecule has 22 heavy (non-hydrogen) atoms. The SMILES string of the molecule is CC(C)NC(=O)N1CCc2sccc2C1c1ccc(Cl)cc1. The molecule has 1 aliphatic rings. The molecule has 2 heterocycles. The maximum atomic E-state index is 12.6. The molecule has 1 unspecified atom stereocenters. The van der Waals surface area contributed by atoms with Gasteiger partial charge in [0.15, 0.2) is 0 Å². The van der Waals surface area contributed by atoms with Gasteiger partial charge in [-0.3, -0.25) is 0 Å². The maximum absolute atomic E-state index is 12.6. The van der Waals surface area contributed by atoms with Crippen LogP contribution in [0.2, 0.25) is 5.02 Å². The van der Waals surface area contributed by atoms with E-state index in [0.717, 1.165) is 18.5 Å². The van der Waals surface area contributed by atoms with Crippen molar-refractivity contribution in [3.63, 3.8) is 0 Å². The van der Waals surface area contributed by atoms with E-state index in [1.165, 1.54) is 10.4 Å². The molecule has 116 valence electrons. The quantitative estimate of drug-likeness (QED) is 0.863. The first kappa shape index (κ1) is 15.4. The summed E-state index contributed by atoms with van der Waals surface area (Å²) in [5.74, 6) is 0.